The molecule has 0 radical (unpaired) electrons. The maximum absolute atomic E-state index is 12.6. The van der Waals surface area contributed by atoms with E-state index in [2.05, 4.69) is 22.3 Å². The number of piperidine rings is 1. The molecule has 6 nitrogen and oxygen atoms in total. The van der Waals surface area contributed by atoms with Crippen molar-refractivity contribution in [3.8, 4) is 11.5 Å². The van der Waals surface area contributed by atoms with Crippen LogP contribution in [0.25, 0.3) is 0 Å². The van der Waals surface area contributed by atoms with E-state index in [1.54, 1.807) is 31.4 Å². The summed E-state index contributed by atoms with van der Waals surface area (Å²) < 4.78 is 5.24. The second-order valence-electron chi connectivity index (χ2n) is 9.39. The van der Waals surface area contributed by atoms with Crippen molar-refractivity contribution in [2.45, 2.75) is 38.0 Å². The molecule has 3 aromatic rings. The number of carbonyl (C=O) groups is 2. The normalized spacial score (nSPS) is 14.4. The van der Waals surface area contributed by atoms with E-state index in [9.17, 15) is 14.7 Å². The smallest absolute Gasteiger partial charge is 0.228 e. The second-order valence-corrected chi connectivity index (χ2v) is 9.39. The number of ketones is 1. The van der Waals surface area contributed by atoms with Gasteiger partial charge in [-0.2, -0.15) is 0 Å². The first-order valence-corrected chi connectivity index (χ1v) is 12.6. The highest BCUT2D eigenvalue weighted by Gasteiger charge is 2.21. The maximum Gasteiger partial charge on any atom is 0.228 e. The molecule has 36 heavy (non-hydrogen) atoms. The zero-order chi connectivity index (χ0) is 25.3. The minimum atomic E-state index is -0.0444. The Hall–Kier alpha value is -3.64. The Morgan fingerprint density at radius 1 is 1.00 bits per heavy atom. The van der Waals surface area contributed by atoms with Crippen LogP contribution in [0, 0.1) is 0 Å². The fraction of sp³-hybridized carbons (Fsp3) is 0.333. The third-order valence-corrected chi connectivity index (χ3v) is 6.80. The lowest BCUT2D eigenvalue weighted by Gasteiger charge is -2.32. The molecule has 2 N–H and O–H groups in total. The fourth-order valence-corrected chi connectivity index (χ4v) is 4.79. The number of nitrogens with one attached hydrogen (secondary N) is 1. The van der Waals surface area contributed by atoms with Crippen LogP contribution >= 0.6 is 0 Å². The number of phenols is 1. The second kappa shape index (κ2) is 12.4. The molecule has 3 aromatic carbocycles. The molecule has 6 heteroatoms. The molecule has 1 heterocycles. The molecule has 1 saturated heterocycles. The number of hydrogen-bond acceptors (Lipinski definition) is 5. The van der Waals surface area contributed by atoms with Crippen molar-refractivity contribution >= 4 is 17.4 Å². The number of nitrogens with zero attached hydrogens (tertiary/aromatic N) is 1. The van der Waals surface area contributed by atoms with Gasteiger partial charge in [-0.25, -0.2) is 0 Å². The van der Waals surface area contributed by atoms with Crippen molar-refractivity contribution in [1.82, 2.24) is 4.90 Å². The molecule has 0 atom stereocenters. The van der Waals surface area contributed by atoms with E-state index in [-0.39, 0.29) is 17.4 Å². The average Bonchev–Trinajstić information content (AvgIpc) is 2.89. The number of ether oxygens (including phenoxy) is 1. The van der Waals surface area contributed by atoms with Crippen LogP contribution in [-0.2, 0) is 11.2 Å². The number of anilines is 1. The van der Waals surface area contributed by atoms with Crippen molar-refractivity contribution in [2.24, 2.45) is 0 Å². The standard InChI is InChI=1S/C30H34N2O4/c1-36-28-8-2-5-22(19-28)20-30(35)31-26-7-3-6-25(21-26)23-14-17-32(18-15-23)16-4-9-29(34)24-10-12-27(33)13-11-24/h2-3,5-8,10-13,19,21,23,33H,4,9,14-18,20H2,1H3,(H,31,35). The van der Waals surface area contributed by atoms with Crippen LogP contribution in [0.4, 0.5) is 5.69 Å². The number of aromatic hydroxyl groups is 1. The van der Waals surface area contributed by atoms with Crippen LogP contribution in [0.15, 0.2) is 72.8 Å². The summed E-state index contributed by atoms with van der Waals surface area (Å²) in [5, 5.41) is 12.4. The summed E-state index contributed by atoms with van der Waals surface area (Å²) in [6, 6.07) is 22.2. The minimum absolute atomic E-state index is 0.0444. The van der Waals surface area contributed by atoms with Crippen molar-refractivity contribution in [3.05, 3.63) is 89.5 Å². The monoisotopic (exact) mass is 486 g/mol. The van der Waals surface area contributed by atoms with Crippen molar-refractivity contribution in [1.29, 1.82) is 0 Å². The predicted molar refractivity (Wildman–Crippen MR) is 142 cm³/mol. The Morgan fingerprint density at radius 2 is 1.75 bits per heavy atom. The molecule has 0 aliphatic carbocycles. The number of amides is 1. The Kier molecular flexibility index (Phi) is 8.74. The third kappa shape index (κ3) is 7.18. The summed E-state index contributed by atoms with van der Waals surface area (Å²) in [5.74, 6) is 1.47. The van der Waals surface area contributed by atoms with Gasteiger partial charge in [0.25, 0.3) is 0 Å². The van der Waals surface area contributed by atoms with Crippen molar-refractivity contribution in [2.75, 3.05) is 32.1 Å². The van der Waals surface area contributed by atoms with Crippen LogP contribution in [-0.4, -0.2) is 48.4 Å². The fourth-order valence-electron chi connectivity index (χ4n) is 4.79. The van der Waals surface area contributed by atoms with Gasteiger partial charge in [-0.05, 0) is 104 Å². The third-order valence-electron chi connectivity index (χ3n) is 6.80. The highest BCUT2D eigenvalue weighted by Crippen LogP contribution is 2.30. The molecule has 0 bridgehead atoms. The van der Waals surface area contributed by atoms with E-state index in [0.717, 1.165) is 55.9 Å². The van der Waals surface area contributed by atoms with E-state index in [1.165, 1.54) is 5.56 Å². The van der Waals surface area contributed by atoms with E-state index >= 15 is 0 Å². The molecule has 1 amide bonds. The van der Waals surface area contributed by atoms with Gasteiger partial charge in [0.05, 0.1) is 13.5 Å². The Morgan fingerprint density at radius 3 is 2.50 bits per heavy atom. The Labute approximate surface area is 212 Å². The largest absolute Gasteiger partial charge is 0.508 e. The summed E-state index contributed by atoms with van der Waals surface area (Å²) in [6.45, 7) is 2.92. The van der Waals surface area contributed by atoms with Gasteiger partial charge < -0.3 is 20.1 Å². The van der Waals surface area contributed by atoms with Gasteiger partial charge in [0.15, 0.2) is 5.78 Å². The number of carbonyl (C=O) groups excluding carboxylic acids is 2. The summed E-state index contributed by atoms with van der Waals surface area (Å²) in [7, 11) is 1.62. The molecule has 0 spiro atoms. The molecule has 1 aliphatic heterocycles. The quantitative estimate of drug-likeness (QED) is 0.374. The Balaban J connectivity index is 1.22. The van der Waals surface area contributed by atoms with Gasteiger partial charge in [0.2, 0.25) is 5.91 Å². The lowest BCUT2D eigenvalue weighted by molar-refractivity contribution is -0.115. The summed E-state index contributed by atoms with van der Waals surface area (Å²) in [6.07, 6.45) is 3.77. The van der Waals surface area contributed by atoms with Gasteiger partial charge in [0.1, 0.15) is 11.5 Å². The number of likely N-dealkylation sites (tertiary alicyclic amines) is 1. The summed E-state index contributed by atoms with van der Waals surface area (Å²) in [5.41, 5.74) is 3.66. The number of hydrogen-bond donors (Lipinski definition) is 2. The van der Waals surface area contributed by atoms with Crippen LogP contribution in [0.5, 0.6) is 11.5 Å². The van der Waals surface area contributed by atoms with Gasteiger partial charge in [-0.15, -0.1) is 0 Å². The van der Waals surface area contributed by atoms with Crippen LogP contribution in [0.3, 0.4) is 0 Å². The first kappa shape index (κ1) is 25.5. The first-order valence-electron chi connectivity index (χ1n) is 12.6. The molecule has 1 fully saturated rings. The topological polar surface area (TPSA) is 78.9 Å². The maximum atomic E-state index is 12.6. The van der Waals surface area contributed by atoms with Crippen LogP contribution in [0.1, 0.15) is 53.1 Å². The number of benzene rings is 3. The van der Waals surface area contributed by atoms with Gasteiger partial charge in [0, 0.05) is 17.7 Å². The lowest BCUT2D eigenvalue weighted by Crippen LogP contribution is -2.33. The molecule has 0 saturated carbocycles. The van der Waals surface area contributed by atoms with E-state index in [1.807, 2.05) is 36.4 Å². The predicted octanol–water partition coefficient (Wildman–Crippen LogP) is 5.42. The molecule has 0 unspecified atom stereocenters. The van der Waals surface area contributed by atoms with E-state index in [0.29, 0.717) is 24.3 Å². The van der Waals surface area contributed by atoms with E-state index < -0.39 is 0 Å². The number of phenolic OH excluding ortho intramolecular Hbond substituents is 1. The number of rotatable bonds is 10. The lowest BCUT2D eigenvalue weighted by atomic mass is 9.89. The molecule has 0 aromatic heterocycles. The summed E-state index contributed by atoms with van der Waals surface area (Å²) in [4.78, 5) is 27.3. The van der Waals surface area contributed by atoms with Gasteiger partial charge >= 0.3 is 0 Å². The SMILES string of the molecule is COc1cccc(CC(=O)Nc2cccc(C3CCN(CCCC(=O)c4ccc(O)cc4)CC3)c2)c1. The average molecular weight is 487 g/mol. The van der Waals surface area contributed by atoms with Crippen molar-refractivity contribution in [3.63, 3.8) is 0 Å². The van der Waals surface area contributed by atoms with Crippen LogP contribution < -0.4 is 10.1 Å². The van der Waals surface area contributed by atoms with Crippen LogP contribution in [0.2, 0.25) is 0 Å². The molecule has 4 rings (SSSR count). The number of Topliss-reactive ketones (excluding diaryl/α,β-unsaturated/α-hetero) is 1. The molecule has 188 valence electrons. The van der Waals surface area contributed by atoms with Gasteiger partial charge in [-0.3, -0.25) is 9.59 Å². The zero-order valence-corrected chi connectivity index (χ0v) is 20.8. The molecular formula is C30H34N2O4. The van der Waals surface area contributed by atoms with E-state index in [4.69, 9.17) is 4.74 Å². The molecule has 1 aliphatic rings. The van der Waals surface area contributed by atoms with Crippen molar-refractivity contribution < 1.29 is 19.4 Å². The van der Waals surface area contributed by atoms with Gasteiger partial charge in [-0.1, -0.05) is 24.3 Å². The minimum Gasteiger partial charge on any atom is -0.508 e. The Bertz CT molecular complexity index is 1170. The highest BCUT2D eigenvalue weighted by atomic mass is 16.5. The summed E-state index contributed by atoms with van der Waals surface area (Å²) >= 11 is 0. The molecular weight excluding hydrogens is 452 g/mol. The number of methoxy groups -OCH3 is 1. The zero-order valence-electron chi connectivity index (χ0n) is 20.8. The highest BCUT2D eigenvalue weighted by molar-refractivity contribution is 5.96. The first-order chi connectivity index (χ1) is 17.5.